The van der Waals surface area contributed by atoms with Gasteiger partial charge in [-0.05, 0) is 49.4 Å². The number of nitrogens with one attached hydrogen (secondary N) is 1. The molecule has 5 heteroatoms. The molecule has 1 amide bonds. The first-order valence-electron chi connectivity index (χ1n) is 7.05. The third-order valence-electron chi connectivity index (χ3n) is 4.03. The van der Waals surface area contributed by atoms with Gasteiger partial charge in [0.05, 0.1) is 6.10 Å². The number of hydrogen-bond donors (Lipinski definition) is 2. The Labute approximate surface area is 123 Å². The highest BCUT2D eigenvalue weighted by atomic mass is 35.5. The third-order valence-corrected chi connectivity index (χ3v) is 4.27. The van der Waals surface area contributed by atoms with Crippen molar-refractivity contribution in [1.82, 2.24) is 5.32 Å². The molecule has 1 fully saturated rings. The van der Waals surface area contributed by atoms with Gasteiger partial charge in [0, 0.05) is 17.5 Å². The van der Waals surface area contributed by atoms with Crippen molar-refractivity contribution in [2.24, 2.45) is 0 Å². The first-order valence-corrected chi connectivity index (χ1v) is 7.43. The van der Waals surface area contributed by atoms with Crippen LogP contribution in [0, 0.1) is 0 Å². The zero-order chi connectivity index (χ0) is 14.1. The van der Waals surface area contributed by atoms with E-state index >= 15 is 0 Å². The van der Waals surface area contributed by atoms with Crippen LogP contribution in [0.5, 0.6) is 5.75 Å². The summed E-state index contributed by atoms with van der Waals surface area (Å²) in [6, 6.07) is 5.58. The molecule has 1 heterocycles. The minimum Gasteiger partial charge on any atom is -0.480 e. The molecule has 1 aliphatic carbocycles. The minimum absolute atomic E-state index is 0.0706. The smallest absolute Gasteiger partial charge is 0.261 e. The average Bonchev–Trinajstić information content (AvgIpc) is 2.84. The Morgan fingerprint density at radius 3 is 2.80 bits per heavy atom. The maximum Gasteiger partial charge on any atom is 0.261 e. The van der Waals surface area contributed by atoms with E-state index in [2.05, 4.69) is 5.32 Å². The molecule has 0 radical (unpaired) electrons. The lowest BCUT2D eigenvalue weighted by atomic mass is 9.93. The zero-order valence-electron chi connectivity index (χ0n) is 11.1. The fourth-order valence-corrected chi connectivity index (χ4v) is 3.07. The van der Waals surface area contributed by atoms with Crippen LogP contribution in [0.15, 0.2) is 18.2 Å². The number of amides is 1. The van der Waals surface area contributed by atoms with Crippen LogP contribution in [-0.4, -0.2) is 29.3 Å². The molecule has 0 spiro atoms. The summed E-state index contributed by atoms with van der Waals surface area (Å²) >= 11 is 5.94. The number of aliphatic hydroxyl groups is 1. The summed E-state index contributed by atoms with van der Waals surface area (Å²) in [5, 5.41) is 13.2. The number of benzene rings is 1. The number of carbonyl (C=O) groups excluding carboxylic acids is 1. The number of rotatable bonds is 2. The van der Waals surface area contributed by atoms with E-state index in [1.807, 2.05) is 12.1 Å². The topological polar surface area (TPSA) is 58.6 Å². The number of ether oxygens (including phenoxy) is 1. The molecule has 1 aromatic rings. The largest absolute Gasteiger partial charge is 0.480 e. The molecule has 3 rings (SSSR count). The van der Waals surface area contributed by atoms with Crippen LogP contribution in [0.3, 0.4) is 0 Å². The lowest BCUT2D eigenvalue weighted by Crippen LogP contribution is -2.45. The molecular weight excluding hydrogens is 278 g/mol. The van der Waals surface area contributed by atoms with Gasteiger partial charge in [0.25, 0.3) is 5.91 Å². The second kappa shape index (κ2) is 5.62. The van der Waals surface area contributed by atoms with E-state index in [-0.39, 0.29) is 18.1 Å². The fraction of sp³-hybridized carbons (Fsp3) is 0.533. The minimum atomic E-state index is -0.463. The van der Waals surface area contributed by atoms with Crippen molar-refractivity contribution in [3.8, 4) is 5.75 Å². The van der Waals surface area contributed by atoms with Crippen LogP contribution in [0.4, 0.5) is 0 Å². The number of aliphatic hydroxyl groups excluding tert-OH is 1. The van der Waals surface area contributed by atoms with E-state index in [4.69, 9.17) is 16.3 Å². The molecule has 0 aromatic heterocycles. The first-order chi connectivity index (χ1) is 9.61. The van der Waals surface area contributed by atoms with E-state index in [0.29, 0.717) is 11.4 Å². The van der Waals surface area contributed by atoms with Crippen LogP contribution in [0.1, 0.15) is 31.2 Å². The van der Waals surface area contributed by atoms with Crippen molar-refractivity contribution in [3.05, 3.63) is 28.8 Å². The van der Waals surface area contributed by atoms with Crippen LogP contribution in [0.25, 0.3) is 0 Å². The number of hydrogen-bond acceptors (Lipinski definition) is 3. The molecule has 1 saturated carbocycles. The van der Waals surface area contributed by atoms with Gasteiger partial charge in [-0.3, -0.25) is 4.79 Å². The number of halogens is 1. The molecule has 1 aromatic carbocycles. The SMILES string of the molecule is O=C(NC1CCC(O)CC1)C1Cc2cc(Cl)ccc2O1. The van der Waals surface area contributed by atoms with Crippen LogP contribution < -0.4 is 10.1 Å². The van der Waals surface area contributed by atoms with Gasteiger partial charge in [0.2, 0.25) is 0 Å². The van der Waals surface area contributed by atoms with Crippen molar-refractivity contribution in [2.75, 3.05) is 0 Å². The summed E-state index contributed by atoms with van der Waals surface area (Å²) in [4.78, 5) is 12.2. The van der Waals surface area contributed by atoms with Crippen molar-refractivity contribution >= 4 is 17.5 Å². The Kier molecular flexibility index (Phi) is 3.85. The average molecular weight is 296 g/mol. The highest BCUT2D eigenvalue weighted by Crippen LogP contribution is 2.31. The number of fused-ring (bicyclic) bond motifs is 1. The van der Waals surface area contributed by atoms with Gasteiger partial charge in [-0.1, -0.05) is 11.6 Å². The van der Waals surface area contributed by atoms with Gasteiger partial charge in [-0.15, -0.1) is 0 Å². The highest BCUT2D eigenvalue weighted by Gasteiger charge is 2.31. The second-order valence-electron chi connectivity index (χ2n) is 5.58. The van der Waals surface area contributed by atoms with E-state index < -0.39 is 6.10 Å². The fourth-order valence-electron chi connectivity index (χ4n) is 2.88. The van der Waals surface area contributed by atoms with Gasteiger partial charge < -0.3 is 15.2 Å². The molecule has 1 atom stereocenters. The molecule has 2 aliphatic rings. The molecule has 4 nitrogen and oxygen atoms in total. The molecule has 1 aliphatic heterocycles. The Morgan fingerprint density at radius 2 is 2.05 bits per heavy atom. The summed E-state index contributed by atoms with van der Waals surface area (Å²) in [6.07, 6.45) is 3.07. The summed E-state index contributed by atoms with van der Waals surface area (Å²) in [6.45, 7) is 0. The van der Waals surface area contributed by atoms with E-state index in [9.17, 15) is 9.90 Å². The van der Waals surface area contributed by atoms with Gasteiger partial charge in [-0.2, -0.15) is 0 Å². The van der Waals surface area contributed by atoms with Crippen molar-refractivity contribution in [1.29, 1.82) is 0 Å². The molecule has 20 heavy (non-hydrogen) atoms. The van der Waals surface area contributed by atoms with E-state index in [1.54, 1.807) is 6.07 Å². The van der Waals surface area contributed by atoms with Crippen LogP contribution in [0.2, 0.25) is 5.02 Å². The first kappa shape index (κ1) is 13.7. The summed E-state index contributed by atoms with van der Waals surface area (Å²) < 4.78 is 5.67. The third kappa shape index (κ3) is 2.91. The van der Waals surface area contributed by atoms with Gasteiger partial charge >= 0.3 is 0 Å². The van der Waals surface area contributed by atoms with E-state index in [0.717, 1.165) is 37.0 Å². The molecule has 0 bridgehead atoms. The summed E-state index contributed by atoms with van der Waals surface area (Å²) in [5.41, 5.74) is 0.983. The molecule has 108 valence electrons. The Balaban J connectivity index is 1.57. The standard InChI is InChI=1S/C15H18ClNO3/c16-10-1-6-13-9(7-10)8-14(20-13)15(19)17-11-2-4-12(18)5-3-11/h1,6-7,11-12,14,18H,2-5,8H2,(H,17,19). The molecule has 2 N–H and O–H groups in total. The Bertz CT molecular complexity index is 512. The van der Waals surface area contributed by atoms with Gasteiger partial charge in [-0.25, -0.2) is 0 Å². The Hall–Kier alpha value is -1.26. The lowest BCUT2D eigenvalue weighted by molar-refractivity contribution is -0.128. The summed E-state index contributed by atoms with van der Waals surface area (Å²) in [5.74, 6) is 0.673. The van der Waals surface area contributed by atoms with E-state index in [1.165, 1.54) is 0 Å². The van der Waals surface area contributed by atoms with Crippen LogP contribution in [-0.2, 0) is 11.2 Å². The highest BCUT2D eigenvalue weighted by molar-refractivity contribution is 6.30. The normalized spacial score (nSPS) is 28.6. The maximum atomic E-state index is 12.2. The van der Waals surface area contributed by atoms with Crippen LogP contribution >= 0.6 is 11.6 Å². The Morgan fingerprint density at radius 1 is 1.30 bits per heavy atom. The quantitative estimate of drug-likeness (QED) is 0.878. The van der Waals surface area contributed by atoms with Crippen molar-refractivity contribution in [3.63, 3.8) is 0 Å². The molecule has 1 unspecified atom stereocenters. The van der Waals surface area contributed by atoms with Crippen molar-refractivity contribution < 1.29 is 14.6 Å². The van der Waals surface area contributed by atoms with Gasteiger partial charge in [0.15, 0.2) is 6.10 Å². The monoisotopic (exact) mass is 295 g/mol. The van der Waals surface area contributed by atoms with Gasteiger partial charge in [0.1, 0.15) is 5.75 Å². The zero-order valence-corrected chi connectivity index (χ0v) is 11.9. The van der Waals surface area contributed by atoms with Crippen molar-refractivity contribution in [2.45, 2.75) is 50.4 Å². The summed E-state index contributed by atoms with van der Waals surface area (Å²) in [7, 11) is 0. The lowest BCUT2D eigenvalue weighted by Gasteiger charge is -2.27. The molecular formula is C15H18ClNO3. The number of carbonyl (C=O) groups is 1. The maximum absolute atomic E-state index is 12.2. The second-order valence-corrected chi connectivity index (χ2v) is 6.01. The molecule has 0 saturated heterocycles. The predicted octanol–water partition coefficient (Wildman–Crippen LogP) is 2.06. The predicted molar refractivity (Wildman–Crippen MR) is 76.0 cm³/mol.